The monoisotopic (exact) mass is 214 g/mol. The van der Waals surface area contributed by atoms with E-state index in [1.165, 1.54) is 0 Å². The SMILES string of the molecule is CNC(C)C(=O)N1CCC[C@@H](C(=O)O)C1. The highest BCUT2D eigenvalue weighted by atomic mass is 16.4. The summed E-state index contributed by atoms with van der Waals surface area (Å²) in [5.74, 6) is -1.21. The third-order valence-corrected chi connectivity index (χ3v) is 2.89. The quantitative estimate of drug-likeness (QED) is 0.689. The number of carbonyl (C=O) groups excluding carboxylic acids is 1. The van der Waals surface area contributed by atoms with E-state index in [9.17, 15) is 9.59 Å². The van der Waals surface area contributed by atoms with Crippen LogP contribution < -0.4 is 5.32 Å². The smallest absolute Gasteiger partial charge is 0.308 e. The Labute approximate surface area is 89.4 Å². The molecule has 0 aromatic rings. The molecule has 86 valence electrons. The van der Waals surface area contributed by atoms with Crippen LogP contribution in [-0.2, 0) is 9.59 Å². The maximum Gasteiger partial charge on any atom is 0.308 e. The van der Waals surface area contributed by atoms with Crippen LogP contribution in [0.5, 0.6) is 0 Å². The van der Waals surface area contributed by atoms with Gasteiger partial charge in [0.25, 0.3) is 0 Å². The van der Waals surface area contributed by atoms with E-state index in [4.69, 9.17) is 5.11 Å². The molecule has 1 amide bonds. The minimum Gasteiger partial charge on any atom is -0.481 e. The van der Waals surface area contributed by atoms with Crippen molar-refractivity contribution in [2.75, 3.05) is 20.1 Å². The van der Waals surface area contributed by atoms with Gasteiger partial charge in [-0.15, -0.1) is 0 Å². The van der Waals surface area contributed by atoms with Gasteiger partial charge < -0.3 is 15.3 Å². The molecule has 1 saturated heterocycles. The molecule has 1 aliphatic rings. The largest absolute Gasteiger partial charge is 0.481 e. The van der Waals surface area contributed by atoms with Crippen molar-refractivity contribution < 1.29 is 14.7 Å². The molecule has 5 nitrogen and oxygen atoms in total. The number of aliphatic carboxylic acids is 1. The molecule has 1 aliphatic heterocycles. The van der Waals surface area contributed by atoms with Gasteiger partial charge in [0, 0.05) is 13.1 Å². The van der Waals surface area contributed by atoms with Gasteiger partial charge >= 0.3 is 5.97 Å². The second kappa shape index (κ2) is 5.11. The van der Waals surface area contributed by atoms with Gasteiger partial charge in [0.2, 0.25) is 5.91 Å². The minimum atomic E-state index is -0.801. The second-order valence-corrected chi connectivity index (χ2v) is 3.97. The molecule has 1 heterocycles. The number of carbonyl (C=O) groups is 2. The summed E-state index contributed by atoms with van der Waals surface area (Å²) < 4.78 is 0. The lowest BCUT2D eigenvalue weighted by Gasteiger charge is -2.32. The molecule has 0 aromatic heterocycles. The molecule has 5 heteroatoms. The zero-order chi connectivity index (χ0) is 11.4. The average molecular weight is 214 g/mol. The Morgan fingerprint density at radius 2 is 2.20 bits per heavy atom. The fourth-order valence-corrected chi connectivity index (χ4v) is 1.78. The van der Waals surface area contributed by atoms with Crippen LogP contribution in [0.25, 0.3) is 0 Å². The number of amides is 1. The van der Waals surface area contributed by atoms with E-state index >= 15 is 0 Å². The molecular weight excluding hydrogens is 196 g/mol. The molecular formula is C10H18N2O3. The van der Waals surface area contributed by atoms with Crippen LogP contribution >= 0.6 is 0 Å². The summed E-state index contributed by atoms with van der Waals surface area (Å²) in [7, 11) is 1.72. The zero-order valence-electron chi connectivity index (χ0n) is 9.19. The lowest BCUT2D eigenvalue weighted by atomic mass is 9.98. The summed E-state index contributed by atoms with van der Waals surface area (Å²) in [4.78, 5) is 24.2. The van der Waals surface area contributed by atoms with Crippen LogP contribution in [0, 0.1) is 5.92 Å². The van der Waals surface area contributed by atoms with E-state index < -0.39 is 11.9 Å². The molecule has 2 atom stereocenters. The zero-order valence-corrected chi connectivity index (χ0v) is 9.19. The predicted octanol–water partition coefficient (Wildman–Crippen LogP) is -0.0825. The van der Waals surface area contributed by atoms with E-state index in [-0.39, 0.29) is 11.9 Å². The predicted molar refractivity (Wildman–Crippen MR) is 55.5 cm³/mol. The number of piperidine rings is 1. The second-order valence-electron chi connectivity index (χ2n) is 3.97. The first-order valence-electron chi connectivity index (χ1n) is 5.25. The van der Waals surface area contributed by atoms with Crippen LogP contribution in [-0.4, -0.2) is 48.1 Å². The van der Waals surface area contributed by atoms with Crippen molar-refractivity contribution >= 4 is 11.9 Å². The summed E-state index contributed by atoms with van der Waals surface area (Å²) in [5, 5.41) is 11.7. The Morgan fingerprint density at radius 1 is 1.53 bits per heavy atom. The highest BCUT2D eigenvalue weighted by Crippen LogP contribution is 2.17. The lowest BCUT2D eigenvalue weighted by molar-refractivity contribution is -0.146. The number of likely N-dealkylation sites (N-methyl/N-ethyl adjacent to an activating group) is 1. The van der Waals surface area contributed by atoms with Gasteiger partial charge in [0.1, 0.15) is 0 Å². The summed E-state index contributed by atoms with van der Waals surface area (Å²) in [6.45, 7) is 2.81. The summed E-state index contributed by atoms with van der Waals surface area (Å²) >= 11 is 0. The molecule has 0 aromatic carbocycles. The number of nitrogens with zero attached hydrogens (tertiary/aromatic N) is 1. The highest BCUT2D eigenvalue weighted by Gasteiger charge is 2.29. The first-order chi connectivity index (χ1) is 7.06. The lowest BCUT2D eigenvalue weighted by Crippen LogP contribution is -2.49. The third-order valence-electron chi connectivity index (χ3n) is 2.89. The maximum absolute atomic E-state index is 11.8. The Balaban J connectivity index is 2.56. The van der Waals surface area contributed by atoms with E-state index in [0.29, 0.717) is 19.5 Å². The van der Waals surface area contributed by atoms with Gasteiger partial charge in [-0.2, -0.15) is 0 Å². The first-order valence-corrected chi connectivity index (χ1v) is 5.25. The number of rotatable bonds is 3. The van der Waals surface area contributed by atoms with Crippen molar-refractivity contribution in [3.8, 4) is 0 Å². The third kappa shape index (κ3) is 2.92. The molecule has 1 fully saturated rings. The van der Waals surface area contributed by atoms with E-state index in [0.717, 1.165) is 6.42 Å². The molecule has 2 N–H and O–H groups in total. The molecule has 0 saturated carbocycles. The summed E-state index contributed by atoms with van der Waals surface area (Å²) in [6.07, 6.45) is 1.45. The fraction of sp³-hybridized carbons (Fsp3) is 0.800. The van der Waals surface area contributed by atoms with Gasteiger partial charge in [0.05, 0.1) is 12.0 Å². The van der Waals surface area contributed by atoms with Crippen LogP contribution in [0.2, 0.25) is 0 Å². The van der Waals surface area contributed by atoms with Crippen molar-refractivity contribution in [1.29, 1.82) is 0 Å². The summed E-state index contributed by atoms with van der Waals surface area (Å²) in [6, 6.07) is -0.238. The fourth-order valence-electron chi connectivity index (χ4n) is 1.78. The maximum atomic E-state index is 11.8. The number of hydrogen-bond donors (Lipinski definition) is 2. The van der Waals surface area contributed by atoms with Crippen LogP contribution in [0.4, 0.5) is 0 Å². The van der Waals surface area contributed by atoms with Gasteiger partial charge in [-0.3, -0.25) is 9.59 Å². The number of carboxylic acids is 1. The standard InChI is InChI=1S/C10H18N2O3/c1-7(11-2)9(13)12-5-3-4-8(6-12)10(14)15/h7-8,11H,3-6H2,1-2H3,(H,14,15)/t7?,8-/m1/s1. The summed E-state index contributed by atoms with van der Waals surface area (Å²) in [5.41, 5.74) is 0. The van der Waals surface area contributed by atoms with Crippen molar-refractivity contribution in [2.45, 2.75) is 25.8 Å². The van der Waals surface area contributed by atoms with Crippen molar-refractivity contribution in [2.24, 2.45) is 5.92 Å². The highest BCUT2D eigenvalue weighted by molar-refractivity contribution is 5.82. The number of likely N-dealkylation sites (tertiary alicyclic amines) is 1. The average Bonchev–Trinajstić information content (AvgIpc) is 2.27. The van der Waals surface area contributed by atoms with E-state index in [1.807, 2.05) is 0 Å². The Morgan fingerprint density at radius 3 is 2.73 bits per heavy atom. The molecule has 15 heavy (non-hydrogen) atoms. The van der Waals surface area contributed by atoms with Gasteiger partial charge in [0.15, 0.2) is 0 Å². The van der Waals surface area contributed by atoms with E-state index in [2.05, 4.69) is 5.32 Å². The van der Waals surface area contributed by atoms with Crippen molar-refractivity contribution in [3.05, 3.63) is 0 Å². The molecule has 1 unspecified atom stereocenters. The van der Waals surface area contributed by atoms with Gasteiger partial charge in [-0.1, -0.05) is 0 Å². The van der Waals surface area contributed by atoms with E-state index in [1.54, 1.807) is 18.9 Å². The molecule has 0 aliphatic carbocycles. The van der Waals surface area contributed by atoms with Gasteiger partial charge in [-0.25, -0.2) is 0 Å². The topological polar surface area (TPSA) is 69.6 Å². The number of nitrogens with one attached hydrogen (secondary N) is 1. The normalized spacial score (nSPS) is 23.6. The Bertz CT molecular complexity index is 255. The Kier molecular flexibility index (Phi) is 4.08. The van der Waals surface area contributed by atoms with Crippen molar-refractivity contribution in [3.63, 3.8) is 0 Å². The van der Waals surface area contributed by atoms with Crippen LogP contribution in [0.15, 0.2) is 0 Å². The Hall–Kier alpha value is -1.10. The first kappa shape index (κ1) is 12.0. The van der Waals surface area contributed by atoms with Crippen LogP contribution in [0.3, 0.4) is 0 Å². The van der Waals surface area contributed by atoms with Crippen LogP contribution in [0.1, 0.15) is 19.8 Å². The molecule has 1 rings (SSSR count). The van der Waals surface area contributed by atoms with Gasteiger partial charge in [-0.05, 0) is 26.8 Å². The molecule has 0 spiro atoms. The minimum absolute atomic E-state index is 0.0107. The molecule has 0 radical (unpaired) electrons. The number of hydrogen-bond acceptors (Lipinski definition) is 3. The number of carboxylic acid groups (broad SMARTS) is 1. The van der Waals surface area contributed by atoms with Crippen molar-refractivity contribution in [1.82, 2.24) is 10.2 Å². The molecule has 0 bridgehead atoms.